The summed E-state index contributed by atoms with van der Waals surface area (Å²) in [4.78, 5) is 12.5. The van der Waals surface area contributed by atoms with Gasteiger partial charge in [-0.25, -0.2) is 13.1 Å². The molecule has 1 aliphatic rings. The van der Waals surface area contributed by atoms with Crippen molar-refractivity contribution in [2.45, 2.75) is 4.90 Å². The number of sulfonamides is 1. The van der Waals surface area contributed by atoms with E-state index in [1.54, 1.807) is 36.4 Å². The zero-order valence-electron chi connectivity index (χ0n) is 11.7. The van der Waals surface area contributed by atoms with Crippen LogP contribution in [-0.4, -0.2) is 26.4 Å². The molecule has 0 aliphatic heterocycles. The maximum absolute atomic E-state index is 12.5. The zero-order chi connectivity index (χ0) is 15.9. The van der Waals surface area contributed by atoms with Gasteiger partial charge in [0.2, 0.25) is 10.0 Å². The number of Topliss-reactive ketones (excluding diaryl/α,β-unsaturated/α-hetero) is 1. The van der Waals surface area contributed by atoms with Crippen LogP contribution in [0.3, 0.4) is 0 Å². The minimum atomic E-state index is -3.75. The summed E-state index contributed by atoms with van der Waals surface area (Å²) < 4.78 is 26.5. The first-order valence-electron chi connectivity index (χ1n) is 6.57. The molecule has 0 saturated carbocycles. The van der Waals surface area contributed by atoms with Gasteiger partial charge in [0.1, 0.15) is 5.76 Å². The number of benzene rings is 2. The van der Waals surface area contributed by atoms with Crippen LogP contribution < -0.4 is 4.72 Å². The Balaban J connectivity index is 2.28. The number of carbonyl (C=O) groups excluding carboxylic acids is 1. The lowest BCUT2D eigenvalue weighted by molar-refractivity contribution is 0.105. The van der Waals surface area contributed by atoms with Crippen LogP contribution in [0.5, 0.6) is 0 Å². The Hall–Kier alpha value is -2.44. The van der Waals surface area contributed by atoms with Crippen molar-refractivity contribution in [2.24, 2.45) is 0 Å². The van der Waals surface area contributed by atoms with E-state index < -0.39 is 10.0 Å². The third kappa shape index (κ3) is 2.04. The van der Waals surface area contributed by atoms with Crippen molar-refractivity contribution in [3.8, 4) is 0 Å². The van der Waals surface area contributed by atoms with Crippen molar-refractivity contribution in [3.05, 3.63) is 65.2 Å². The predicted molar refractivity (Wildman–Crippen MR) is 82.9 cm³/mol. The Bertz CT molecular complexity index is 913. The highest BCUT2D eigenvalue weighted by Gasteiger charge is 2.33. The van der Waals surface area contributed by atoms with Crippen LogP contribution in [-0.2, 0) is 10.0 Å². The quantitative estimate of drug-likeness (QED) is 0.909. The van der Waals surface area contributed by atoms with Gasteiger partial charge >= 0.3 is 0 Å². The van der Waals surface area contributed by atoms with Crippen LogP contribution in [0.4, 0.5) is 0 Å². The number of allylic oxidation sites excluding steroid dienone is 1. The molecule has 0 heterocycles. The summed E-state index contributed by atoms with van der Waals surface area (Å²) >= 11 is 0. The third-order valence-electron chi connectivity index (χ3n) is 3.61. The molecule has 22 heavy (non-hydrogen) atoms. The summed E-state index contributed by atoms with van der Waals surface area (Å²) in [6.45, 7) is 0. The fourth-order valence-electron chi connectivity index (χ4n) is 2.53. The second-order valence-electron chi connectivity index (χ2n) is 4.80. The summed E-state index contributed by atoms with van der Waals surface area (Å²) in [7, 11) is -2.45. The number of rotatable bonds is 3. The van der Waals surface area contributed by atoms with E-state index in [0.717, 1.165) is 0 Å². The molecule has 2 aromatic rings. The molecule has 0 radical (unpaired) electrons. The summed E-state index contributed by atoms with van der Waals surface area (Å²) in [6.07, 6.45) is 0. The maximum atomic E-state index is 12.5. The first-order valence-corrected chi connectivity index (χ1v) is 8.06. The van der Waals surface area contributed by atoms with Crippen molar-refractivity contribution in [3.63, 3.8) is 0 Å². The molecule has 0 aromatic heterocycles. The van der Waals surface area contributed by atoms with Crippen LogP contribution in [0.15, 0.2) is 53.4 Å². The molecule has 2 aromatic carbocycles. The van der Waals surface area contributed by atoms with Crippen molar-refractivity contribution < 1.29 is 18.3 Å². The average molecular weight is 315 g/mol. The van der Waals surface area contributed by atoms with E-state index in [4.69, 9.17) is 0 Å². The van der Waals surface area contributed by atoms with Gasteiger partial charge in [-0.2, -0.15) is 0 Å². The molecule has 0 saturated heterocycles. The van der Waals surface area contributed by atoms with Gasteiger partial charge in [-0.05, 0) is 13.1 Å². The van der Waals surface area contributed by atoms with Gasteiger partial charge in [0.05, 0.1) is 10.5 Å². The highest BCUT2D eigenvalue weighted by Crippen LogP contribution is 2.38. The van der Waals surface area contributed by atoms with E-state index >= 15 is 0 Å². The molecule has 0 bridgehead atoms. The second kappa shape index (κ2) is 5.08. The number of nitrogens with one attached hydrogen (secondary N) is 1. The monoisotopic (exact) mass is 315 g/mol. The lowest BCUT2D eigenvalue weighted by Gasteiger charge is -2.10. The summed E-state index contributed by atoms with van der Waals surface area (Å²) in [5.41, 5.74) is 0.983. The van der Waals surface area contributed by atoms with Crippen molar-refractivity contribution in [2.75, 3.05) is 7.05 Å². The highest BCUT2D eigenvalue weighted by molar-refractivity contribution is 7.89. The number of carbonyl (C=O) groups is 1. The van der Waals surface area contributed by atoms with Gasteiger partial charge < -0.3 is 5.11 Å². The minimum absolute atomic E-state index is 0.00984. The van der Waals surface area contributed by atoms with Crippen molar-refractivity contribution in [1.29, 1.82) is 0 Å². The second-order valence-corrected chi connectivity index (χ2v) is 6.66. The predicted octanol–water partition coefficient (Wildman–Crippen LogP) is 2.22. The van der Waals surface area contributed by atoms with Crippen LogP contribution in [0.25, 0.3) is 11.3 Å². The SMILES string of the molecule is CNS(=O)(=O)c1ccccc1C1=C(O)c2ccccc2C1=O. The van der Waals surface area contributed by atoms with Gasteiger partial charge in [0.25, 0.3) is 0 Å². The number of aliphatic hydroxyl groups is 1. The van der Waals surface area contributed by atoms with E-state index in [2.05, 4.69) is 4.72 Å². The zero-order valence-corrected chi connectivity index (χ0v) is 12.5. The van der Waals surface area contributed by atoms with Gasteiger partial charge in [0.15, 0.2) is 5.78 Å². The van der Waals surface area contributed by atoms with Crippen LogP contribution in [0.1, 0.15) is 21.5 Å². The number of fused-ring (bicyclic) bond motifs is 1. The molecule has 1 aliphatic carbocycles. The van der Waals surface area contributed by atoms with E-state index in [9.17, 15) is 18.3 Å². The fourth-order valence-corrected chi connectivity index (χ4v) is 3.47. The average Bonchev–Trinajstić information content (AvgIpc) is 2.79. The van der Waals surface area contributed by atoms with Gasteiger partial charge in [-0.3, -0.25) is 4.79 Å². The minimum Gasteiger partial charge on any atom is -0.507 e. The topological polar surface area (TPSA) is 83.5 Å². The Labute approximate surface area is 128 Å². The highest BCUT2D eigenvalue weighted by atomic mass is 32.2. The molecule has 6 heteroatoms. The Morgan fingerprint density at radius 2 is 1.45 bits per heavy atom. The van der Waals surface area contributed by atoms with E-state index in [1.807, 2.05) is 0 Å². The summed E-state index contributed by atoms with van der Waals surface area (Å²) in [5.74, 6) is -0.578. The van der Waals surface area contributed by atoms with Crippen LogP contribution in [0, 0.1) is 0 Å². The van der Waals surface area contributed by atoms with Gasteiger partial charge in [0, 0.05) is 16.7 Å². The number of hydrogen-bond acceptors (Lipinski definition) is 4. The molecule has 0 atom stereocenters. The van der Waals surface area contributed by atoms with Gasteiger partial charge in [-0.15, -0.1) is 0 Å². The standard InChI is InChI=1S/C16H13NO4S/c1-17-22(20,21)13-9-5-4-8-12(13)14-15(18)10-6-2-3-7-11(10)16(14)19/h2-9,17-18H,1H3. The molecule has 112 valence electrons. The smallest absolute Gasteiger partial charge is 0.240 e. The number of ketones is 1. The van der Waals surface area contributed by atoms with Gasteiger partial charge in [-0.1, -0.05) is 42.5 Å². The molecular formula is C16H13NO4S. The van der Waals surface area contributed by atoms with Crippen LogP contribution in [0.2, 0.25) is 0 Å². The molecule has 5 nitrogen and oxygen atoms in total. The first kappa shape index (κ1) is 14.5. The van der Waals surface area contributed by atoms with E-state index in [-0.39, 0.29) is 27.6 Å². The molecule has 0 unspecified atom stereocenters. The van der Waals surface area contributed by atoms with Crippen molar-refractivity contribution >= 4 is 27.1 Å². The van der Waals surface area contributed by atoms with Crippen molar-refractivity contribution in [1.82, 2.24) is 4.72 Å². The molecule has 0 spiro atoms. The molecule has 3 rings (SSSR count). The van der Waals surface area contributed by atoms with E-state index in [0.29, 0.717) is 11.1 Å². The lowest BCUT2D eigenvalue weighted by Crippen LogP contribution is -2.20. The summed E-state index contributed by atoms with van der Waals surface area (Å²) in [6, 6.07) is 12.8. The van der Waals surface area contributed by atoms with Crippen LogP contribution >= 0.6 is 0 Å². The number of aliphatic hydroxyl groups excluding tert-OH is 1. The lowest BCUT2D eigenvalue weighted by atomic mass is 10.0. The number of hydrogen-bond donors (Lipinski definition) is 2. The third-order valence-corrected chi connectivity index (χ3v) is 5.08. The molecular weight excluding hydrogens is 302 g/mol. The largest absolute Gasteiger partial charge is 0.507 e. The molecule has 0 amide bonds. The Kier molecular flexibility index (Phi) is 3.35. The summed E-state index contributed by atoms with van der Waals surface area (Å²) in [5, 5.41) is 10.4. The molecule has 2 N–H and O–H groups in total. The Morgan fingerprint density at radius 3 is 2.05 bits per heavy atom. The normalized spacial score (nSPS) is 14.3. The molecule has 0 fully saturated rings. The van der Waals surface area contributed by atoms with E-state index in [1.165, 1.54) is 19.2 Å². The fraction of sp³-hybridized carbons (Fsp3) is 0.0625. The first-order chi connectivity index (χ1) is 10.5. The maximum Gasteiger partial charge on any atom is 0.240 e. The Morgan fingerprint density at radius 1 is 0.909 bits per heavy atom.